The molecule has 3 heterocycles. The topological polar surface area (TPSA) is 75.0 Å². The Labute approximate surface area is 178 Å². The van der Waals surface area contributed by atoms with Crippen molar-refractivity contribution in [3.05, 3.63) is 84.6 Å². The number of pyridine rings is 2. The number of methoxy groups -OCH3 is 1. The van der Waals surface area contributed by atoms with Crippen molar-refractivity contribution in [1.82, 2.24) is 24.7 Å². The van der Waals surface area contributed by atoms with Crippen LogP contribution in [0.4, 0.5) is 4.39 Å². The van der Waals surface area contributed by atoms with Crippen molar-refractivity contribution in [2.75, 3.05) is 7.11 Å². The highest BCUT2D eigenvalue weighted by Gasteiger charge is 2.10. The molecule has 0 bridgehead atoms. The molecule has 0 spiro atoms. The molecule has 0 aliphatic heterocycles. The second-order valence-corrected chi connectivity index (χ2v) is 6.76. The Bertz CT molecular complexity index is 1280. The van der Waals surface area contributed by atoms with Crippen LogP contribution in [0.2, 0.25) is 0 Å². The highest BCUT2D eigenvalue weighted by Crippen LogP contribution is 2.27. The van der Waals surface area contributed by atoms with E-state index in [-0.39, 0.29) is 6.61 Å². The Morgan fingerprint density at radius 3 is 2.87 bits per heavy atom. The van der Waals surface area contributed by atoms with E-state index < -0.39 is 5.82 Å². The lowest BCUT2D eigenvalue weighted by molar-refractivity contribution is 0.294. The first kappa shape index (κ1) is 20.2. The van der Waals surface area contributed by atoms with Gasteiger partial charge >= 0.3 is 0 Å². The summed E-state index contributed by atoms with van der Waals surface area (Å²) in [7, 11) is 3.46. The van der Waals surface area contributed by atoms with E-state index in [4.69, 9.17) is 9.47 Å². The third-order valence-electron chi connectivity index (χ3n) is 4.77. The Balaban J connectivity index is 1.48. The van der Waals surface area contributed by atoms with Gasteiger partial charge in [0.15, 0.2) is 11.6 Å². The number of nitrogens with zero attached hydrogens (tertiary/aromatic N) is 5. The molecule has 0 saturated heterocycles. The van der Waals surface area contributed by atoms with Crippen molar-refractivity contribution >= 4 is 22.6 Å². The molecule has 0 aliphatic carbocycles. The van der Waals surface area contributed by atoms with Gasteiger partial charge in [0.1, 0.15) is 23.9 Å². The SMILES string of the molecule is C=C(/C=C\c1nnc(COc2ccnc3cc(OC)ccc23)n1C)c1cncc(F)c1. The quantitative estimate of drug-likeness (QED) is 0.419. The number of hydrogen-bond donors (Lipinski definition) is 0. The van der Waals surface area contributed by atoms with Gasteiger partial charge in [-0.3, -0.25) is 9.97 Å². The summed E-state index contributed by atoms with van der Waals surface area (Å²) in [6, 6.07) is 8.82. The fraction of sp³-hybridized carbons (Fsp3) is 0.130. The first-order valence-corrected chi connectivity index (χ1v) is 9.47. The minimum atomic E-state index is -0.410. The Kier molecular flexibility index (Phi) is 5.70. The number of halogens is 1. The average molecular weight is 417 g/mol. The summed E-state index contributed by atoms with van der Waals surface area (Å²) < 4.78 is 26.4. The van der Waals surface area contributed by atoms with Crippen LogP contribution in [0, 0.1) is 5.82 Å². The summed E-state index contributed by atoms with van der Waals surface area (Å²) in [5, 5.41) is 9.26. The van der Waals surface area contributed by atoms with Gasteiger partial charge in [-0.25, -0.2) is 4.39 Å². The zero-order chi connectivity index (χ0) is 21.8. The van der Waals surface area contributed by atoms with E-state index in [1.807, 2.05) is 35.9 Å². The number of fused-ring (bicyclic) bond motifs is 1. The molecule has 0 saturated carbocycles. The summed E-state index contributed by atoms with van der Waals surface area (Å²) >= 11 is 0. The van der Waals surface area contributed by atoms with Crippen molar-refractivity contribution < 1.29 is 13.9 Å². The molecule has 0 atom stereocenters. The molecule has 1 aromatic carbocycles. The first-order chi connectivity index (χ1) is 15.0. The third kappa shape index (κ3) is 4.42. The molecular formula is C23H20FN5O2. The molecule has 4 rings (SSSR count). The van der Waals surface area contributed by atoms with Gasteiger partial charge in [-0.2, -0.15) is 0 Å². The van der Waals surface area contributed by atoms with E-state index in [1.54, 1.807) is 31.7 Å². The monoisotopic (exact) mass is 417 g/mol. The van der Waals surface area contributed by atoms with Crippen LogP contribution in [0.25, 0.3) is 22.6 Å². The van der Waals surface area contributed by atoms with E-state index in [0.29, 0.717) is 28.5 Å². The maximum Gasteiger partial charge on any atom is 0.171 e. The van der Waals surface area contributed by atoms with Crippen LogP contribution >= 0.6 is 0 Å². The van der Waals surface area contributed by atoms with Crippen molar-refractivity contribution in [2.45, 2.75) is 6.61 Å². The number of rotatable bonds is 7. The third-order valence-corrected chi connectivity index (χ3v) is 4.77. The molecule has 31 heavy (non-hydrogen) atoms. The van der Waals surface area contributed by atoms with Gasteiger partial charge in [0.2, 0.25) is 0 Å². The van der Waals surface area contributed by atoms with Gasteiger partial charge < -0.3 is 14.0 Å². The molecule has 0 unspecified atom stereocenters. The lowest BCUT2D eigenvalue weighted by Gasteiger charge is -2.09. The summed E-state index contributed by atoms with van der Waals surface area (Å²) in [6.45, 7) is 4.18. The van der Waals surface area contributed by atoms with Crippen molar-refractivity contribution in [2.24, 2.45) is 7.05 Å². The van der Waals surface area contributed by atoms with Crippen molar-refractivity contribution in [3.8, 4) is 11.5 Å². The summed E-state index contributed by atoms with van der Waals surface area (Å²) in [6.07, 6.45) is 7.90. The maximum atomic E-state index is 13.3. The van der Waals surface area contributed by atoms with E-state index in [9.17, 15) is 4.39 Å². The fourth-order valence-corrected chi connectivity index (χ4v) is 3.00. The van der Waals surface area contributed by atoms with Crippen LogP contribution in [0.15, 0.2) is 61.6 Å². The van der Waals surface area contributed by atoms with Crippen LogP contribution in [0.3, 0.4) is 0 Å². The summed E-state index contributed by atoms with van der Waals surface area (Å²) in [4.78, 5) is 8.20. The zero-order valence-corrected chi connectivity index (χ0v) is 17.1. The van der Waals surface area contributed by atoms with Crippen LogP contribution in [0.5, 0.6) is 11.5 Å². The molecular weight excluding hydrogens is 397 g/mol. The number of hydrogen-bond acceptors (Lipinski definition) is 6. The van der Waals surface area contributed by atoms with Gasteiger partial charge in [0.05, 0.1) is 18.8 Å². The smallest absolute Gasteiger partial charge is 0.171 e. The molecule has 0 amide bonds. The Morgan fingerprint density at radius 2 is 2.06 bits per heavy atom. The number of benzene rings is 1. The maximum absolute atomic E-state index is 13.3. The molecule has 0 N–H and O–H groups in total. The van der Waals surface area contributed by atoms with Crippen LogP contribution in [0.1, 0.15) is 17.2 Å². The predicted octanol–water partition coefficient (Wildman–Crippen LogP) is 4.21. The van der Waals surface area contributed by atoms with E-state index >= 15 is 0 Å². The Morgan fingerprint density at radius 1 is 1.19 bits per heavy atom. The molecule has 3 aromatic heterocycles. The summed E-state index contributed by atoms with van der Waals surface area (Å²) in [5.41, 5.74) is 2.00. The van der Waals surface area contributed by atoms with Gasteiger partial charge in [-0.15, -0.1) is 10.2 Å². The van der Waals surface area contributed by atoms with Gasteiger partial charge in [0, 0.05) is 36.5 Å². The minimum Gasteiger partial charge on any atom is -0.497 e. The van der Waals surface area contributed by atoms with Crippen molar-refractivity contribution in [3.63, 3.8) is 0 Å². The summed E-state index contributed by atoms with van der Waals surface area (Å²) in [5.74, 6) is 2.29. The Hall–Kier alpha value is -4.07. The lowest BCUT2D eigenvalue weighted by atomic mass is 10.1. The van der Waals surface area contributed by atoms with E-state index in [1.165, 1.54) is 6.07 Å². The number of aromatic nitrogens is 5. The van der Waals surface area contributed by atoms with Crippen LogP contribution < -0.4 is 9.47 Å². The molecule has 0 aliphatic rings. The zero-order valence-electron chi connectivity index (χ0n) is 17.1. The lowest BCUT2D eigenvalue weighted by Crippen LogP contribution is -2.05. The molecule has 0 radical (unpaired) electrons. The molecule has 0 fully saturated rings. The molecule has 4 aromatic rings. The van der Waals surface area contributed by atoms with Crippen LogP contribution in [-0.2, 0) is 13.7 Å². The molecule has 8 heteroatoms. The standard InChI is InChI=1S/C23H20FN5O2/c1-15(16-10-17(24)13-25-12-16)4-7-22-27-28-23(29(22)2)14-31-21-8-9-26-20-11-18(30-3)5-6-19(20)21/h4-13H,1,14H2,2-3H3/b7-4-. The number of allylic oxidation sites excluding steroid dienone is 2. The van der Waals surface area contributed by atoms with E-state index in [0.717, 1.165) is 22.8 Å². The largest absolute Gasteiger partial charge is 0.497 e. The van der Waals surface area contributed by atoms with Crippen molar-refractivity contribution in [1.29, 1.82) is 0 Å². The molecule has 7 nitrogen and oxygen atoms in total. The van der Waals surface area contributed by atoms with Crippen LogP contribution in [-0.4, -0.2) is 31.8 Å². The average Bonchev–Trinajstić information content (AvgIpc) is 3.14. The highest BCUT2D eigenvalue weighted by atomic mass is 19.1. The fourth-order valence-electron chi connectivity index (χ4n) is 3.00. The highest BCUT2D eigenvalue weighted by molar-refractivity contribution is 5.86. The normalized spacial score (nSPS) is 11.2. The van der Waals surface area contributed by atoms with E-state index in [2.05, 4.69) is 26.7 Å². The van der Waals surface area contributed by atoms with Gasteiger partial charge in [-0.1, -0.05) is 12.7 Å². The molecule has 156 valence electrons. The minimum absolute atomic E-state index is 0.233. The second-order valence-electron chi connectivity index (χ2n) is 6.76. The second kappa shape index (κ2) is 8.74. The first-order valence-electron chi connectivity index (χ1n) is 9.47. The number of ether oxygens (including phenoxy) is 2. The predicted molar refractivity (Wildman–Crippen MR) is 116 cm³/mol. The van der Waals surface area contributed by atoms with Gasteiger partial charge in [0.25, 0.3) is 0 Å². The van der Waals surface area contributed by atoms with Gasteiger partial charge in [-0.05, 0) is 35.9 Å².